The Labute approximate surface area is 162 Å². The Kier molecular flexibility index (Phi) is 11.2. The van der Waals surface area contributed by atoms with Gasteiger partial charge in [-0.1, -0.05) is 44.8 Å². The lowest BCUT2D eigenvalue weighted by atomic mass is 10.0. The van der Waals surface area contributed by atoms with Crippen molar-refractivity contribution < 1.29 is 9.59 Å². The number of allylic oxidation sites excluding steroid dienone is 1. The van der Waals surface area contributed by atoms with E-state index < -0.39 is 11.9 Å². The maximum atomic E-state index is 12.4. The summed E-state index contributed by atoms with van der Waals surface area (Å²) < 4.78 is 0. The molecule has 0 aliphatic carbocycles. The molecule has 8 heteroatoms. The van der Waals surface area contributed by atoms with E-state index in [-0.39, 0.29) is 17.9 Å². The quantitative estimate of drug-likeness (QED) is 0.160. The van der Waals surface area contributed by atoms with Crippen molar-refractivity contribution in [3.63, 3.8) is 0 Å². The number of nitrogens with two attached hydrogens (primary N) is 3. The number of piperazine rings is 1. The lowest BCUT2D eigenvalue weighted by molar-refractivity contribution is -0.135. The van der Waals surface area contributed by atoms with Gasteiger partial charge >= 0.3 is 0 Å². The molecule has 0 radical (unpaired) electrons. The second-order valence-corrected chi connectivity index (χ2v) is 7.06. The molecule has 1 aliphatic heterocycles. The van der Waals surface area contributed by atoms with E-state index in [2.05, 4.69) is 29.4 Å². The Morgan fingerprint density at radius 1 is 1.19 bits per heavy atom. The van der Waals surface area contributed by atoms with Crippen molar-refractivity contribution in [2.24, 2.45) is 22.2 Å². The fourth-order valence-electron chi connectivity index (χ4n) is 3.20. The summed E-state index contributed by atoms with van der Waals surface area (Å²) in [7, 11) is 0. The van der Waals surface area contributed by atoms with Gasteiger partial charge in [0, 0.05) is 19.6 Å². The van der Waals surface area contributed by atoms with E-state index in [4.69, 9.17) is 17.2 Å². The van der Waals surface area contributed by atoms with Crippen molar-refractivity contribution in [2.45, 2.75) is 70.4 Å². The number of guanidine groups is 1. The molecule has 1 saturated heterocycles. The van der Waals surface area contributed by atoms with Crippen molar-refractivity contribution in [1.82, 2.24) is 10.2 Å². The highest BCUT2D eigenvalue weighted by molar-refractivity contribution is 5.90. The maximum absolute atomic E-state index is 12.4. The Balaban J connectivity index is 2.52. The molecule has 0 spiro atoms. The van der Waals surface area contributed by atoms with Gasteiger partial charge in [-0.15, -0.1) is 0 Å². The molecule has 1 heterocycles. The summed E-state index contributed by atoms with van der Waals surface area (Å²) >= 11 is 0. The summed E-state index contributed by atoms with van der Waals surface area (Å²) in [5, 5.41) is 2.71. The molecule has 1 rings (SSSR count). The average molecular weight is 381 g/mol. The van der Waals surface area contributed by atoms with Gasteiger partial charge in [0.15, 0.2) is 5.96 Å². The number of rotatable bonds is 13. The first-order valence-electron chi connectivity index (χ1n) is 9.99. The minimum absolute atomic E-state index is 0.0515. The van der Waals surface area contributed by atoms with E-state index >= 15 is 0 Å². The molecule has 0 aromatic rings. The zero-order valence-electron chi connectivity index (χ0n) is 16.5. The van der Waals surface area contributed by atoms with Gasteiger partial charge in [-0.25, -0.2) is 0 Å². The summed E-state index contributed by atoms with van der Waals surface area (Å²) in [6.07, 6.45) is 12.9. The summed E-state index contributed by atoms with van der Waals surface area (Å²) in [4.78, 5) is 29.9. The van der Waals surface area contributed by atoms with Crippen molar-refractivity contribution in [3.05, 3.63) is 12.2 Å². The van der Waals surface area contributed by atoms with E-state index in [1.54, 1.807) is 0 Å². The van der Waals surface area contributed by atoms with Gasteiger partial charge in [0.25, 0.3) is 0 Å². The fourth-order valence-corrected chi connectivity index (χ4v) is 3.20. The first kappa shape index (κ1) is 23.0. The smallest absolute Gasteiger partial charge is 0.241 e. The number of nitrogens with zero attached hydrogens (tertiary/aromatic N) is 2. The number of carbonyl (C=O) groups excluding carboxylic acids is 2. The third kappa shape index (κ3) is 9.42. The molecule has 0 bridgehead atoms. The predicted molar refractivity (Wildman–Crippen MR) is 109 cm³/mol. The van der Waals surface area contributed by atoms with E-state index in [0.29, 0.717) is 32.5 Å². The zero-order chi connectivity index (χ0) is 20.1. The molecule has 0 aromatic heterocycles. The Bertz CT molecular complexity index is 516. The predicted octanol–water partition coefficient (Wildman–Crippen LogP) is 0.611. The van der Waals surface area contributed by atoms with Crippen LogP contribution in [0.1, 0.15) is 58.3 Å². The van der Waals surface area contributed by atoms with Gasteiger partial charge in [0.1, 0.15) is 6.04 Å². The van der Waals surface area contributed by atoms with Gasteiger partial charge in [-0.3, -0.25) is 19.5 Å². The van der Waals surface area contributed by atoms with Crippen LogP contribution >= 0.6 is 0 Å². The van der Waals surface area contributed by atoms with Crippen LogP contribution in [-0.2, 0) is 9.59 Å². The molecule has 0 aromatic carbocycles. The molecular formula is C19H36N6O2. The van der Waals surface area contributed by atoms with Gasteiger partial charge in [-0.05, 0) is 25.7 Å². The molecular weight excluding hydrogens is 344 g/mol. The van der Waals surface area contributed by atoms with Crippen LogP contribution in [0.15, 0.2) is 17.1 Å². The number of carbonyl (C=O) groups is 2. The monoisotopic (exact) mass is 380 g/mol. The summed E-state index contributed by atoms with van der Waals surface area (Å²) in [5.74, 6) is -0.620. The second kappa shape index (κ2) is 13.1. The number of hydrogen-bond acceptors (Lipinski definition) is 4. The van der Waals surface area contributed by atoms with E-state index in [0.717, 1.165) is 6.42 Å². The van der Waals surface area contributed by atoms with Crippen LogP contribution in [0.2, 0.25) is 0 Å². The Morgan fingerprint density at radius 3 is 2.59 bits per heavy atom. The van der Waals surface area contributed by atoms with Crippen molar-refractivity contribution in [3.8, 4) is 0 Å². The lowest BCUT2D eigenvalue weighted by Gasteiger charge is -2.37. The topological polar surface area (TPSA) is 140 Å². The molecule has 2 atom stereocenters. The molecule has 0 saturated carbocycles. The second-order valence-electron chi connectivity index (χ2n) is 7.06. The highest BCUT2D eigenvalue weighted by atomic mass is 16.2. The Morgan fingerprint density at radius 2 is 1.93 bits per heavy atom. The van der Waals surface area contributed by atoms with Crippen molar-refractivity contribution in [1.29, 1.82) is 0 Å². The Hall–Kier alpha value is -2.09. The number of primary amides is 1. The van der Waals surface area contributed by atoms with Gasteiger partial charge in [-0.2, -0.15) is 0 Å². The molecule has 1 aliphatic rings. The van der Waals surface area contributed by atoms with Crippen LogP contribution in [0.25, 0.3) is 0 Å². The van der Waals surface area contributed by atoms with Crippen LogP contribution in [-0.4, -0.2) is 54.4 Å². The first-order chi connectivity index (χ1) is 13.0. The van der Waals surface area contributed by atoms with Gasteiger partial charge in [0.05, 0.1) is 6.04 Å². The third-order valence-corrected chi connectivity index (χ3v) is 4.73. The molecule has 2 amide bonds. The van der Waals surface area contributed by atoms with Crippen LogP contribution in [0, 0.1) is 0 Å². The number of amides is 2. The van der Waals surface area contributed by atoms with Crippen LogP contribution in [0.3, 0.4) is 0 Å². The van der Waals surface area contributed by atoms with E-state index in [9.17, 15) is 9.59 Å². The third-order valence-electron chi connectivity index (χ3n) is 4.73. The molecule has 1 fully saturated rings. The average Bonchev–Trinajstić information content (AvgIpc) is 2.61. The fraction of sp³-hybridized carbons (Fsp3) is 0.737. The lowest BCUT2D eigenvalue weighted by Crippen LogP contribution is -2.63. The summed E-state index contributed by atoms with van der Waals surface area (Å²) in [6, 6.07) is -0.946. The molecule has 154 valence electrons. The minimum atomic E-state index is -0.645. The number of hydrogen-bond donors (Lipinski definition) is 4. The largest absolute Gasteiger partial charge is 0.370 e. The zero-order valence-corrected chi connectivity index (χ0v) is 16.5. The molecule has 0 unspecified atom stereocenters. The van der Waals surface area contributed by atoms with Crippen molar-refractivity contribution in [2.75, 3.05) is 19.6 Å². The van der Waals surface area contributed by atoms with Crippen molar-refractivity contribution >= 4 is 17.8 Å². The first-order valence-corrected chi connectivity index (χ1v) is 9.99. The number of aliphatic imine (C=N–C) groups is 1. The maximum Gasteiger partial charge on any atom is 0.241 e. The number of nitrogens with one attached hydrogen (secondary N) is 1. The summed E-state index contributed by atoms with van der Waals surface area (Å²) in [5.41, 5.74) is 16.0. The molecule has 8 nitrogen and oxygen atoms in total. The van der Waals surface area contributed by atoms with Crippen LogP contribution in [0.4, 0.5) is 0 Å². The normalized spacial score (nSPS) is 20.6. The SMILES string of the molecule is CCCCCCCC=CCN1C[C@H](C(N)=O)NC(=O)[C@@H]1CCCN=C(N)N. The highest BCUT2D eigenvalue weighted by Crippen LogP contribution is 2.14. The van der Waals surface area contributed by atoms with Gasteiger partial charge in [0.2, 0.25) is 11.8 Å². The standard InChI is InChI=1S/C19H36N6O2/c1-2-3-4-5-6-7-8-9-13-25-14-15(17(20)26)24-18(27)16(25)11-10-12-23-19(21)22/h8-9,15-16H,2-7,10-14H2,1H3,(H2,20,26)(H,24,27)(H4,21,22,23)/t15-,16+/m1/s1. The van der Waals surface area contributed by atoms with E-state index in [1.165, 1.54) is 32.1 Å². The van der Waals surface area contributed by atoms with Crippen LogP contribution in [0.5, 0.6) is 0 Å². The summed E-state index contributed by atoms with van der Waals surface area (Å²) in [6.45, 7) is 3.74. The van der Waals surface area contributed by atoms with Crippen LogP contribution < -0.4 is 22.5 Å². The molecule has 7 N–H and O–H groups in total. The molecule has 27 heavy (non-hydrogen) atoms. The minimum Gasteiger partial charge on any atom is -0.370 e. The number of unbranched alkanes of at least 4 members (excludes halogenated alkanes) is 5. The van der Waals surface area contributed by atoms with E-state index in [1.807, 2.05) is 4.90 Å². The highest BCUT2D eigenvalue weighted by Gasteiger charge is 2.35. The van der Waals surface area contributed by atoms with Gasteiger partial charge < -0.3 is 22.5 Å².